The summed E-state index contributed by atoms with van der Waals surface area (Å²) < 4.78 is 5.11. The third kappa shape index (κ3) is 8.17. The van der Waals surface area contributed by atoms with Gasteiger partial charge in [-0.1, -0.05) is 19.1 Å². The van der Waals surface area contributed by atoms with Gasteiger partial charge in [0.05, 0.1) is 12.8 Å². The standard InChI is InChI=1S/C23H33N5O2.HI/c1-3-13-28-14-11-20(12-15-28)27-23(24-4-2)25-17-18-7-9-19(10-8-18)26-22(29)21-6-5-16-30-21;/h5-10,16,20H,3-4,11-15,17H2,1-2H3,(H,26,29)(H2,24,25,27);1H. The quantitative estimate of drug-likeness (QED) is 0.268. The van der Waals surface area contributed by atoms with Crippen molar-refractivity contribution in [1.29, 1.82) is 0 Å². The first kappa shape index (κ1) is 25.2. The number of likely N-dealkylation sites (tertiary alicyclic amines) is 1. The average molecular weight is 539 g/mol. The van der Waals surface area contributed by atoms with E-state index in [0.29, 0.717) is 18.3 Å². The van der Waals surface area contributed by atoms with Crippen LogP contribution in [-0.2, 0) is 6.54 Å². The Morgan fingerprint density at radius 1 is 1.16 bits per heavy atom. The Kier molecular flexibility index (Phi) is 10.9. The number of anilines is 1. The van der Waals surface area contributed by atoms with Crippen LogP contribution in [0.1, 0.15) is 49.2 Å². The summed E-state index contributed by atoms with van der Waals surface area (Å²) >= 11 is 0. The van der Waals surface area contributed by atoms with Crippen LogP contribution in [0.25, 0.3) is 0 Å². The zero-order chi connectivity index (χ0) is 21.2. The van der Waals surface area contributed by atoms with E-state index >= 15 is 0 Å². The van der Waals surface area contributed by atoms with E-state index in [1.54, 1.807) is 12.1 Å². The number of nitrogens with zero attached hydrogens (tertiary/aromatic N) is 2. The fourth-order valence-corrected chi connectivity index (χ4v) is 3.59. The van der Waals surface area contributed by atoms with Crippen LogP contribution in [-0.4, -0.2) is 49.0 Å². The molecule has 1 aromatic heterocycles. The number of rotatable bonds is 8. The van der Waals surface area contributed by atoms with Crippen molar-refractivity contribution in [3.05, 3.63) is 54.0 Å². The largest absolute Gasteiger partial charge is 0.459 e. The molecule has 1 fully saturated rings. The molecule has 2 heterocycles. The molecule has 1 amide bonds. The maximum Gasteiger partial charge on any atom is 0.291 e. The van der Waals surface area contributed by atoms with Crippen molar-refractivity contribution in [3.63, 3.8) is 0 Å². The lowest BCUT2D eigenvalue weighted by Gasteiger charge is -2.32. The summed E-state index contributed by atoms with van der Waals surface area (Å²) in [6.07, 6.45) is 5.00. The molecule has 1 aliphatic heterocycles. The third-order valence-corrected chi connectivity index (χ3v) is 5.19. The number of hydrogen-bond donors (Lipinski definition) is 3. The highest BCUT2D eigenvalue weighted by atomic mass is 127. The van der Waals surface area contributed by atoms with Crippen molar-refractivity contribution in [3.8, 4) is 0 Å². The predicted molar refractivity (Wildman–Crippen MR) is 136 cm³/mol. The number of carbonyl (C=O) groups is 1. The van der Waals surface area contributed by atoms with Crippen molar-refractivity contribution >= 4 is 41.5 Å². The van der Waals surface area contributed by atoms with E-state index in [9.17, 15) is 4.79 Å². The van der Waals surface area contributed by atoms with Crippen molar-refractivity contribution in [2.45, 2.75) is 45.7 Å². The molecule has 1 saturated heterocycles. The molecule has 0 unspecified atom stereocenters. The van der Waals surface area contributed by atoms with Gasteiger partial charge >= 0.3 is 0 Å². The van der Waals surface area contributed by atoms with E-state index in [1.807, 2.05) is 24.3 Å². The maximum atomic E-state index is 12.0. The molecule has 7 nitrogen and oxygen atoms in total. The second-order valence-electron chi connectivity index (χ2n) is 7.58. The van der Waals surface area contributed by atoms with Crippen LogP contribution in [0.5, 0.6) is 0 Å². The summed E-state index contributed by atoms with van der Waals surface area (Å²) in [6.45, 7) is 9.22. The molecule has 1 aliphatic rings. The molecule has 2 aromatic rings. The number of piperidine rings is 1. The molecule has 0 saturated carbocycles. The highest BCUT2D eigenvalue weighted by Gasteiger charge is 2.19. The van der Waals surface area contributed by atoms with Gasteiger partial charge in [-0.15, -0.1) is 24.0 Å². The van der Waals surface area contributed by atoms with Gasteiger partial charge in [0, 0.05) is 31.4 Å². The van der Waals surface area contributed by atoms with Crippen LogP contribution in [0.2, 0.25) is 0 Å². The molecule has 3 rings (SSSR count). The van der Waals surface area contributed by atoms with Crippen LogP contribution in [0.4, 0.5) is 5.69 Å². The molecule has 1 aromatic carbocycles. The van der Waals surface area contributed by atoms with E-state index in [0.717, 1.165) is 49.7 Å². The first-order chi connectivity index (χ1) is 14.7. The number of halogens is 1. The fraction of sp³-hybridized carbons (Fsp3) is 0.478. The molecule has 3 N–H and O–H groups in total. The van der Waals surface area contributed by atoms with Crippen LogP contribution in [0.3, 0.4) is 0 Å². The Morgan fingerprint density at radius 2 is 1.90 bits per heavy atom. The normalized spacial score (nSPS) is 15.2. The number of aliphatic imine (C=N–C) groups is 1. The first-order valence-electron chi connectivity index (χ1n) is 10.9. The van der Waals surface area contributed by atoms with Crippen molar-refractivity contribution in [2.24, 2.45) is 4.99 Å². The molecular formula is C23H34IN5O2. The number of amides is 1. The van der Waals surface area contributed by atoms with E-state index in [-0.39, 0.29) is 29.9 Å². The third-order valence-electron chi connectivity index (χ3n) is 5.19. The van der Waals surface area contributed by atoms with Crippen LogP contribution < -0.4 is 16.0 Å². The minimum Gasteiger partial charge on any atom is -0.459 e. The topological polar surface area (TPSA) is 81.9 Å². The fourth-order valence-electron chi connectivity index (χ4n) is 3.59. The van der Waals surface area contributed by atoms with Gasteiger partial charge in [0.15, 0.2) is 11.7 Å². The Labute approximate surface area is 202 Å². The second-order valence-corrected chi connectivity index (χ2v) is 7.58. The summed E-state index contributed by atoms with van der Waals surface area (Å²) in [5, 5.41) is 9.76. The van der Waals surface area contributed by atoms with E-state index in [4.69, 9.17) is 9.41 Å². The van der Waals surface area contributed by atoms with Gasteiger partial charge in [-0.2, -0.15) is 0 Å². The second kappa shape index (κ2) is 13.4. The molecule has 170 valence electrons. The van der Waals surface area contributed by atoms with Crippen LogP contribution in [0.15, 0.2) is 52.1 Å². The minimum atomic E-state index is -0.255. The summed E-state index contributed by atoms with van der Waals surface area (Å²) in [7, 11) is 0. The average Bonchev–Trinajstić information content (AvgIpc) is 3.30. The SMILES string of the molecule is CCCN1CCC(NC(=NCc2ccc(NC(=O)c3ccco3)cc2)NCC)CC1.I. The summed E-state index contributed by atoms with van der Waals surface area (Å²) in [6, 6.07) is 11.5. The lowest BCUT2D eigenvalue weighted by molar-refractivity contribution is 0.0996. The number of hydrogen-bond acceptors (Lipinski definition) is 4. The number of furan rings is 1. The van der Waals surface area contributed by atoms with Crippen LogP contribution in [0, 0.1) is 0 Å². The molecule has 0 aliphatic carbocycles. The monoisotopic (exact) mass is 539 g/mol. The zero-order valence-electron chi connectivity index (χ0n) is 18.4. The zero-order valence-corrected chi connectivity index (χ0v) is 20.7. The van der Waals surface area contributed by atoms with Crippen LogP contribution >= 0.6 is 24.0 Å². The number of benzene rings is 1. The lowest BCUT2D eigenvalue weighted by Crippen LogP contribution is -2.48. The van der Waals surface area contributed by atoms with Gasteiger partial charge in [-0.3, -0.25) is 4.79 Å². The Bertz CT molecular complexity index is 800. The van der Waals surface area contributed by atoms with Gasteiger partial charge < -0.3 is 25.3 Å². The number of guanidine groups is 1. The molecule has 0 radical (unpaired) electrons. The van der Waals surface area contributed by atoms with E-state index in [2.05, 4.69) is 34.7 Å². The molecule has 31 heavy (non-hydrogen) atoms. The highest BCUT2D eigenvalue weighted by Crippen LogP contribution is 2.13. The molecule has 0 spiro atoms. The Morgan fingerprint density at radius 3 is 2.52 bits per heavy atom. The van der Waals surface area contributed by atoms with Gasteiger partial charge in [0.2, 0.25) is 0 Å². The molecule has 8 heteroatoms. The number of nitrogens with one attached hydrogen (secondary N) is 3. The van der Waals surface area contributed by atoms with Crippen molar-refractivity contribution in [1.82, 2.24) is 15.5 Å². The lowest BCUT2D eigenvalue weighted by atomic mass is 10.1. The Balaban J connectivity index is 0.00000341. The van der Waals surface area contributed by atoms with Gasteiger partial charge in [-0.25, -0.2) is 4.99 Å². The van der Waals surface area contributed by atoms with Gasteiger partial charge in [0.25, 0.3) is 5.91 Å². The summed E-state index contributed by atoms with van der Waals surface area (Å²) in [4.78, 5) is 19.3. The summed E-state index contributed by atoms with van der Waals surface area (Å²) in [5.74, 6) is 0.904. The van der Waals surface area contributed by atoms with Gasteiger partial charge in [-0.05, 0) is 62.6 Å². The highest BCUT2D eigenvalue weighted by molar-refractivity contribution is 14.0. The Hall–Kier alpha value is -2.07. The van der Waals surface area contributed by atoms with Crippen molar-refractivity contribution in [2.75, 3.05) is 31.5 Å². The first-order valence-corrected chi connectivity index (χ1v) is 10.9. The van der Waals surface area contributed by atoms with E-state index in [1.165, 1.54) is 19.2 Å². The number of carbonyl (C=O) groups excluding carboxylic acids is 1. The minimum absolute atomic E-state index is 0. The molecule has 0 atom stereocenters. The summed E-state index contributed by atoms with van der Waals surface area (Å²) in [5.41, 5.74) is 1.81. The molecular weight excluding hydrogens is 505 g/mol. The van der Waals surface area contributed by atoms with Crippen molar-refractivity contribution < 1.29 is 9.21 Å². The van der Waals surface area contributed by atoms with E-state index < -0.39 is 0 Å². The smallest absolute Gasteiger partial charge is 0.291 e. The molecule has 0 bridgehead atoms. The predicted octanol–water partition coefficient (Wildman–Crippen LogP) is 4.08. The maximum absolute atomic E-state index is 12.0. The van der Waals surface area contributed by atoms with Gasteiger partial charge in [0.1, 0.15) is 0 Å².